The van der Waals surface area contributed by atoms with Crippen LogP contribution in [0, 0.1) is 0 Å². The standard InChI is InChI=1S/C8H9F2N3S/c9-6(10)4-13-5-2-1-3-12-7(5)8(11)14/h1-3,6,13H,4H2,(H2,11,14). The van der Waals surface area contributed by atoms with Gasteiger partial charge in [0.2, 0.25) is 0 Å². The van der Waals surface area contributed by atoms with Crippen molar-refractivity contribution in [2.45, 2.75) is 6.43 Å². The zero-order valence-electron chi connectivity index (χ0n) is 7.21. The SMILES string of the molecule is NC(=S)c1ncccc1NCC(F)F. The highest BCUT2D eigenvalue weighted by Crippen LogP contribution is 2.12. The fourth-order valence-electron chi connectivity index (χ4n) is 0.931. The van der Waals surface area contributed by atoms with E-state index < -0.39 is 13.0 Å². The molecule has 0 radical (unpaired) electrons. The van der Waals surface area contributed by atoms with Crippen molar-refractivity contribution in [1.82, 2.24) is 4.98 Å². The van der Waals surface area contributed by atoms with E-state index in [1.807, 2.05) is 0 Å². The van der Waals surface area contributed by atoms with Crippen LogP contribution in [0.3, 0.4) is 0 Å². The van der Waals surface area contributed by atoms with Crippen LogP contribution < -0.4 is 11.1 Å². The molecule has 0 amide bonds. The van der Waals surface area contributed by atoms with E-state index in [0.29, 0.717) is 11.4 Å². The Kier molecular flexibility index (Phi) is 3.70. The Morgan fingerprint density at radius 3 is 2.93 bits per heavy atom. The molecule has 1 rings (SSSR count). The van der Waals surface area contributed by atoms with Crippen LogP contribution in [0.4, 0.5) is 14.5 Å². The molecule has 0 saturated heterocycles. The van der Waals surface area contributed by atoms with Gasteiger partial charge < -0.3 is 11.1 Å². The van der Waals surface area contributed by atoms with Crippen LogP contribution in [0.25, 0.3) is 0 Å². The molecule has 0 aliphatic rings. The number of anilines is 1. The normalized spacial score (nSPS) is 10.2. The number of thiocarbonyl (C=S) groups is 1. The van der Waals surface area contributed by atoms with Crippen molar-refractivity contribution in [3.63, 3.8) is 0 Å². The van der Waals surface area contributed by atoms with Gasteiger partial charge in [-0.1, -0.05) is 12.2 Å². The number of aromatic nitrogens is 1. The lowest BCUT2D eigenvalue weighted by atomic mass is 10.3. The number of nitrogens with one attached hydrogen (secondary N) is 1. The van der Waals surface area contributed by atoms with Crippen molar-refractivity contribution < 1.29 is 8.78 Å². The number of hydrogen-bond donors (Lipinski definition) is 2. The minimum atomic E-state index is -2.42. The quantitative estimate of drug-likeness (QED) is 0.748. The Morgan fingerprint density at radius 2 is 2.36 bits per heavy atom. The van der Waals surface area contributed by atoms with Gasteiger partial charge in [0.1, 0.15) is 10.7 Å². The monoisotopic (exact) mass is 217 g/mol. The molecule has 1 aromatic rings. The molecule has 0 fully saturated rings. The van der Waals surface area contributed by atoms with Crippen LogP contribution in [-0.4, -0.2) is 22.9 Å². The van der Waals surface area contributed by atoms with Gasteiger partial charge in [0.25, 0.3) is 6.43 Å². The number of pyridine rings is 1. The van der Waals surface area contributed by atoms with Gasteiger partial charge in [0, 0.05) is 6.20 Å². The fourth-order valence-corrected chi connectivity index (χ4v) is 1.09. The first kappa shape index (κ1) is 10.8. The molecule has 0 bridgehead atoms. The molecule has 0 unspecified atom stereocenters. The Balaban J connectivity index is 2.79. The summed E-state index contributed by atoms with van der Waals surface area (Å²) in [5.74, 6) is 0. The molecular weight excluding hydrogens is 208 g/mol. The van der Waals surface area contributed by atoms with Gasteiger partial charge in [-0.15, -0.1) is 0 Å². The number of alkyl halides is 2. The lowest BCUT2D eigenvalue weighted by Gasteiger charge is -2.08. The van der Waals surface area contributed by atoms with Crippen molar-refractivity contribution in [1.29, 1.82) is 0 Å². The van der Waals surface area contributed by atoms with Gasteiger partial charge in [-0.3, -0.25) is 4.98 Å². The summed E-state index contributed by atoms with van der Waals surface area (Å²) in [5, 5.41) is 2.51. The zero-order valence-corrected chi connectivity index (χ0v) is 8.02. The molecule has 0 aliphatic heterocycles. The van der Waals surface area contributed by atoms with Crippen LogP contribution >= 0.6 is 12.2 Å². The summed E-state index contributed by atoms with van der Waals surface area (Å²) in [5.41, 5.74) is 6.13. The molecule has 6 heteroatoms. The highest BCUT2D eigenvalue weighted by Gasteiger charge is 2.07. The first-order valence-corrected chi connectivity index (χ1v) is 4.29. The molecule has 1 aromatic heterocycles. The third kappa shape index (κ3) is 2.88. The van der Waals surface area contributed by atoms with E-state index in [1.54, 1.807) is 12.1 Å². The average molecular weight is 217 g/mol. The van der Waals surface area contributed by atoms with Gasteiger partial charge in [0.15, 0.2) is 0 Å². The summed E-state index contributed by atoms with van der Waals surface area (Å²) in [4.78, 5) is 3.97. The predicted molar refractivity (Wildman–Crippen MR) is 54.6 cm³/mol. The van der Waals surface area contributed by atoms with Crippen molar-refractivity contribution >= 4 is 22.9 Å². The van der Waals surface area contributed by atoms with Crippen molar-refractivity contribution in [2.75, 3.05) is 11.9 Å². The average Bonchev–Trinajstić information content (AvgIpc) is 2.15. The van der Waals surface area contributed by atoms with E-state index in [1.165, 1.54) is 6.20 Å². The van der Waals surface area contributed by atoms with Gasteiger partial charge in [-0.2, -0.15) is 0 Å². The highest BCUT2D eigenvalue weighted by atomic mass is 32.1. The largest absolute Gasteiger partial charge is 0.388 e. The lowest BCUT2D eigenvalue weighted by Crippen LogP contribution is -2.17. The van der Waals surface area contributed by atoms with Crippen molar-refractivity contribution in [3.05, 3.63) is 24.0 Å². The number of hydrogen-bond acceptors (Lipinski definition) is 3. The number of rotatable bonds is 4. The highest BCUT2D eigenvalue weighted by molar-refractivity contribution is 7.80. The Bertz CT molecular complexity index is 330. The van der Waals surface area contributed by atoms with Crippen molar-refractivity contribution in [2.24, 2.45) is 5.73 Å². The molecule has 14 heavy (non-hydrogen) atoms. The molecule has 76 valence electrons. The summed E-state index contributed by atoms with van der Waals surface area (Å²) in [6, 6.07) is 3.22. The molecular formula is C8H9F2N3S. The lowest BCUT2D eigenvalue weighted by molar-refractivity contribution is 0.163. The Morgan fingerprint density at radius 1 is 1.64 bits per heavy atom. The first-order valence-electron chi connectivity index (χ1n) is 3.88. The molecule has 0 aliphatic carbocycles. The van der Waals surface area contributed by atoms with E-state index in [9.17, 15) is 8.78 Å². The van der Waals surface area contributed by atoms with Crippen LogP contribution in [0.15, 0.2) is 18.3 Å². The molecule has 0 saturated carbocycles. The van der Waals surface area contributed by atoms with Crippen LogP contribution in [0.1, 0.15) is 5.69 Å². The summed E-state index contributed by atoms with van der Waals surface area (Å²) in [6.07, 6.45) is -0.920. The molecule has 0 spiro atoms. The van der Waals surface area contributed by atoms with Crippen LogP contribution in [-0.2, 0) is 0 Å². The summed E-state index contributed by atoms with van der Waals surface area (Å²) in [6.45, 7) is -0.443. The molecule has 0 aromatic carbocycles. The first-order chi connectivity index (χ1) is 6.61. The summed E-state index contributed by atoms with van der Waals surface area (Å²) in [7, 11) is 0. The molecule has 3 N–H and O–H groups in total. The summed E-state index contributed by atoms with van der Waals surface area (Å²) < 4.78 is 23.8. The van der Waals surface area contributed by atoms with E-state index >= 15 is 0 Å². The third-order valence-electron chi connectivity index (χ3n) is 1.49. The molecule has 1 heterocycles. The van der Waals surface area contributed by atoms with Crippen molar-refractivity contribution in [3.8, 4) is 0 Å². The third-order valence-corrected chi connectivity index (χ3v) is 1.68. The minimum absolute atomic E-state index is 0.0855. The fraction of sp³-hybridized carbons (Fsp3) is 0.250. The molecule has 0 atom stereocenters. The maximum Gasteiger partial charge on any atom is 0.255 e. The van der Waals surface area contributed by atoms with Gasteiger partial charge >= 0.3 is 0 Å². The van der Waals surface area contributed by atoms with Gasteiger partial charge in [0.05, 0.1) is 12.2 Å². The van der Waals surface area contributed by atoms with E-state index in [0.717, 1.165) is 0 Å². The van der Waals surface area contributed by atoms with E-state index in [2.05, 4.69) is 10.3 Å². The van der Waals surface area contributed by atoms with Gasteiger partial charge in [-0.25, -0.2) is 8.78 Å². The molecule has 3 nitrogen and oxygen atoms in total. The number of nitrogens with two attached hydrogens (primary N) is 1. The second kappa shape index (κ2) is 4.80. The maximum atomic E-state index is 11.9. The summed E-state index contributed by atoms with van der Waals surface area (Å²) >= 11 is 4.72. The second-order valence-electron chi connectivity index (χ2n) is 2.54. The number of nitrogens with zero attached hydrogens (tertiary/aromatic N) is 1. The van der Waals surface area contributed by atoms with E-state index in [-0.39, 0.29) is 4.99 Å². The Labute approximate surface area is 85.3 Å². The minimum Gasteiger partial charge on any atom is -0.388 e. The van der Waals surface area contributed by atoms with Gasteiger partial charge in [-0.05, 0) is 12.1 Å². The Hall–Kier alpha value is -1.30. The maximum absolute atomic E-state index is 11.9. The smallest absolute Gasteiger partial charge is 0.255 e. The predicted octanol–water partition coefficient (Wildman–Crippen LogP) is 1.39. The number of halogens is 2. The van der Waals surface area contributed by atoms with Crippen LogP contribution in [0.2, 0.25) is 0 Å². The second-order valence-corrected chi connectivity index (χ2v) is 2.98. The van der Waals surface area contributed by atoms with Crippen LogP contribution in [0.5, 0.6) is 0 Å². The van der Waals surface area contributed by atoms with E-state index in [4.69, 9.17) is 18.0 Å². The topological polar surface area (TPSA) is 50.9 Å². The zero-order chi connectivity index (χ0) is 10.6.